The Kier molecular flexibility index (Phi) is 15.0. The van der Waals surface area contributed by atoms with Crippen LogP contribution < -0.4 is 0 Å². The van der Waals surface area contributed by atoms with Gasteiger partial charge in [0.25, 0.3) is 0 Å². The number of rotatable bonds is 7. The number of esters is 1. The summed E-state index contributed by atoms with van der Waals surface area (Å²) < 4.78 is 63.4. The number of ether oxygens (including phenoxy) is 10. The molecule has 5 fully saturated rings. The van der Waals surface area contributed by atoms with Gasteiger partial charge in [0.2, 0.25) is 0 Å². The molecule has 350 valence electrons. The Morgan fingerprint density at radius 1 is 0.855 bits per heavy atom. The third kappa shape index (κ3) is 9.58. The van der Waals surface area contributed by atoms with Crippen LogP contribution >= 0.6 is 0 Å². The molecule has 6 aliphatic heterocycles. The van der Waals surface area contributed by atoms with Crippen molar-refractivity contribution in [2.45, 2.75) is 197 Å². The van der Waals surface area contributed by atoms with E-state index in [1.807, 2.05) is 39.8 Å². The lowest BCUT2D eigenvalue weighted by atomic mass is 9.71. The van der Waals surface area contributed by atoms with Crippen molar-refractivity contribution in [3.05, 3.63) is 47.1 Å². The first kappa shape index (κ1) is 47.9. The molecule has 0 saturated carbocycles. The Bertz CT molecular complexity index is 1700. The van der Waals surface area contributed by atoms with Gasteiger partial charge in [-0.2, -0.15) is 0 Å². The molecule has 15 heteroatoms. The number of fused-ring (bicyclic) bond motifs is 2. The molecule has 0 aromatic rings. The fraction of sp³-hybridized carbons (Fsp3) is 0.809. The first-order chi connectivity index (χ1) is 29.4. The molecule has 1 aliphatic carbocycles. The van der Waals surface area contributed by atoms with E-state index in [0.717, 1.165) is 5.57 Å². The van der Waals surface area contributed by atoms with Crippen molar-refractivity contribution in [3.8, 4) is 0 Å². The predicted molar refractivity (Wildman–Crippen MR) is 224 cm³/mol. The van der Waals surface area contributed by atoms with Gasteiger partial charge in [-0.15, -0.1) is 0 Å². The van der Waals surface area contributed by atoms with Gasteiger partial charge in [-0.1, -0.05) is 58.1 Å². The monoisotopic (exact) mass is 876 g/mol. The van der Waals surface area contributed by atoms with Crippen LogP contribution in [0.25, 0.3) is 0 Å². The van der Waals surface area contributed by atoms with E-state index >= 15 is 0 Å². The van der Waals surface area contributed by atoms with Crippen LogP contribution in [-0.2, 0) is 52.2 Å². The van der Waals surface area contributed by atoms with Gasteiger partial charge in [0, 0.05) is 58.2 Å². The summed E-state index contributed by atoms with van der Waals surface area (Å²) in [6.07, 6.45) is 2.11. The molecule has 0 amide bonds. The lowest BCUT2D eigenvalue weighted by Crippen LogP contribution is -2.60. The minimum absolute atomic E-state index is 0.0105. The van der Waals surface area contributed by atoms with Crippen molar-refractivity contribution in [2.24, 2.45) is 23.7 Å². The average molecular weight is 877 g/mol. The summed E-state index contributed by atoms with van der Waals surface area (Å²) in [7, 11) is 3.20. The molecule has 7 aliphatic rings. The van der Waals surface area contributed by atoms with E-state index in [9.17, 15) is 25.2 Å². The number of carbonyl (C=O) groups excluding carboxylic acids is 1. The predicted octanol–water partition coefficient (Wildman–Crippen LogP) is 4.18. The van der Waals surface area contributed by atoms with E-state index < -0.39 is 109 Å². The van der Waals surface area contributed by atoms with Crippen LogP contribution in [0.2, 0.25) is 0 Å². The van der Waals surface area contributed by atoms with Crippen molar-refractivity contribution >= 4 is 5.97 Å². The van der Waals surface area contributed by atoms with E-state index in [4.69, 9.17) is 47.4 Å². The van der Waals surface area contributed by atoms with Gasteiger partial charge in [0.05, 0.1) is 55.4 Å². The number of carbonyl (C=O) groups is 1. The lowest BCUT2D eigenvalue weighted by Gasteiger charge is -2.52. The minimum Gasteiger partial charge on any atom is -0.462 e. The van der Waals surface area contributed by atoms with Crippen molar-refractivity contribution in [1.82, 2.24) is 0 Å². The molecule has 4 N–H and O–H groups in total. The first-order valence-electron chi connectivity index (χ1n) is 22.7. The van der Waals surface area contributed by atoms with Crippen LogP contribution in [0.4, 0.5) is 0 Å². The normalized spacial score (nSPS) is 50.2. The van der Waals surface area contributed by atoms with Crippen LogP contribution in [-0.4, -0.2) is 151 Å². The number of aliphatic hydroxyl groups excluding tert-OH is 3. The van der Waals surface area contributed by atoms with Gasteiger partial charge in [-0.05, 0) is 56.8 Å². The van der Waals surface area contributed by atoms with Crippen molar-refractivity contribution in [3.63, 3.8) is 0 Å². The number of hydrogen-bond donors (Lipinski definition) is 4. The van der Waals surface area contributed by atoms with Gasteiger partial charge in [0.15, 0.2) is 18.4 Å². The van der Waals surface area contributed by atoms with Gasteiger partial charge < -0.3 is 67.8 Å². The fourth-order valence-corrected chi connectivity index (χ4v) is 10.9. The summed E-state index contributed by atoms with van der Waals surface area (Å²) in [4.78, 5) is 14.3. The maximum absolute atomic E-state index is 14.3. The van der Waals surface area contributed by atoms with Crippen molar-refractivity contribution < 1.29 is 72.6 Å². The lowest BCUT2D eigenvalue weighted by molar-refractivity contribution is -0.353. The van der Waals surface area contributed by atoms with Crippen molar-refractivity contribution in [2.75, 3.05) is 20.8 Å². The summed E-state index contributed by atoms with van der Waals surface area (Å²) in [5.41, 5.74) is 0.0192. The third-order valence-corrected chi connectivity index (χ3v) is 14.5. The standard InChI is InChI=1S/C47H72O15/c1-23(2)41-27(6)34(48)21-46(62-41)20-32-17-31(61-46)15-14-25(4)42(24(3)12-11-13-30-22-55-44-39(49)26(5)16-33(45(51)58-32)47(30,44)52)59-38-19-36(54-10)43(29(8)57-38)60-37-18-35(53-9)40(50)28(7)56-37/h11-14,16,23-24,27-29,31-44,48-50,52H,15,17-22H2,1-10H3/b12-11+,25-14+,30-13+/t24-,27-,28-,29-,31+,32-,33-,34-,35-,36-,37-,38-,39+,40-,41+,42-,43-,44+,46-,47+/m0/s1. The van der Waals surface area contributed by atoms with Crippen LogP contribution in [0.1, 0.15) is 93.9 Å². The van der Waals surface area contributed by atoms with E-state index in [2.05, 4.69) is 19.9 Å². The maximum atomic E-state index is 14.3. The SMILES string of the molecule is CO[C@H]1C[C@H](O[C@H]2[C@H](C)O[C@@H](O[C@@H]3/C(C)=C/C[C@@H]4C[C@@H](C[C@]5(C[C@H](O)[C@H](C)[C@@H](C(C)C)O5)O4)OC(=O)[C@@H]4C=C(C)[C@@H](O)[C@H]5OC/C(=C\C=C\[C@@H]3C)[C@]54O)C[C@@H]2OC)O[C@@H](C)[C@@H]1O. The first-order valence-corrected chi connectivity index (χ1v) is 22.7. The summed E-state index contributed by atoms with van der Waals surface area (Å²) in [5, 5.41) is 45.6. The Hall–Kier alpha value is -2.09. The molecule has 0 radical (unpaired) electrons. The second-order valence-corrected chi connectivity index (χ2v) is 19.3. The number of hydrogen-bond acceptors (Lipinski definition) is 15. The summed E-state index contributed by atoms with van der Waals surface area (Å²) in [5.74, 6) is -3.24. The van der Waals surface area contributed by atoms with E-state index in [1.54, 1.807) is 40.2 Å². The highest BCUT2D eigenvalue weighted by Crippen LogP contribution is 2.48. The van der Waals surface area contributed by atoms with Gasteiger partial charge >= 0.3 is 5.97 Å². The van der Waals surface area contributed by atoms with Crippen LogP contribution in [0.15, 0.2) is 47.1 Å². The summed E-state index contributed by atoms with van der Waals surface area (Å²) in [6, 6.07) is 0. The Balaban J connectivity index is 1.18. The molecule has 0 aromatic carbocycles. The third-order valence-electron chi connectivity index (χ3n) is 14.5. The largest absolute Gasteiger partial charge is 0.462 e. The molecule has 1 spiro atoms. The highest BCUT2D eigenvalue weighted by molar-refractivity contribution is 5.78. The number of methoxy groups -OCH3 is 2. The Morgan fingerprint density at radius 2 is 1.55 bits per heavy atom. The molecular weight excluding hydrogens is 805 g/mol. The molecule has 0 unspecified atom stereocenters. The molecule has 7 rings (SSSR count). The molecule has 62 heavy (non-hydrogen) atoms. The molecule has 15 nitrogen and oxygen atoms in total. The van der Waals surface area contributed by atoms with E-state index in [0.29, 0.717) is 36.8 Å². The molecule has 6 heterocycles. The Labute approximate surface area is 366 Å². The Morgan fingerprint density at radius 3 is 2.26 bits per heavy atom. The zero-order valence-corrected chi connectivity index (χ0v) is 38.1. The van der Waals surface area contributed by atoms with Crippen LogP contribution in [0.3, 0.4) is 0 Å². The van der Waals surface area contributed by atoms with Crippen molar-refractivity contribution in [1.29, 1.82) is 0 Å². The molecule has 20 atom stereocenters. The highest BCUT2D eigenvalue weighted by atomic mass is 16.7. The average Bonchev–Trinajstić information content (AvgIpc) is 3.56. The molecule has 0 aromatic heterocycles. The van der Waals surface area contributed by atoms with E-state index in [1.165, 1.54) is 0 Å². The van der Waals surface area contributed by atoms with E-state index in [-0.39, 0.29) is 43.3 Å². The zero-order chi connectivity index (χ0) is 44.8. The van der Waals surface area contributed by atoms with Gasteiger partial charge in [0.1, 0.15) is 42.0 Å². The molecular formula is C47H72O15. The number of allylic oxidation sites excluding steroid dienone is 2. The smallest absolute Gasteiger partial charge is 0.316 e. The number of aliphatic hydroxyl groups is 4. The van der Waals surface area contributed by atoms with Gasteiger partial charge in [-0.25, -0.2) is 0 Å². The minimum atomic E-state index is -1.87. The quantitative estimate of drug-likeness (QED) is 0.210. The highest BCUT2D eigenvalue weighted by Gasteiger charge is 2.60. The van der Waals surface area contributed by atoms with Crippen LogP contribution in [0, 0.1) is 23.7 Å². The second kappa shape index (κ2) is 19.4. The van der Waals surface area contributed by atoms with Gasteiger partial charge in [-0.3, -0.25) is 4.79 Å². The second-order valence-electron chi connectivity index (χ2n) is 19.3. The summed E-state index contributed by atoms with van der Waals surface area (Å²) in [6.45, 7) is 15.6. The summed E-state index contributed by atoms with van der Waals surface area (Å²) >= 11 is 0. The topological polar surface area (TPSA) is 190 Å². The van der Waals surface area contributed by atoms with Crippen LogP contribution in [0.5, 0.6) is 0 Å². The molecule has 2 bridgehead atoms. The molecule has 5 saturated heterocycles. The fourth-order valence-electron chi connectivity index (χ4n) is 10.9. The zero-order valence-electron chi connectivity index (χ0n) is 38.1. The maximum Gasteiger partial charge on any atom is 0.316 e.